The molecule has 0 spiro atoms. The van der Waals surface area contributed by atoms with Crippen molar-refractivity contribution in [3.8, 4) is 11.5 Å². The van der Waals surface area contributed by atoms with E-state index >= 15 is 0 Å². The molecule has 2 aromatic carbocycles. The van der Waals surface area contributed by atoms with Gasteiger partial charge in [0.1, 0.15) is 17.3 Å². The van der Waals surface area contributed by atoms with E-state index in [4.69, 9.17) is 9.47 Å². The van der Waals surface area contributed by atoms with Crippen LogP contribution in [-0.4, -0.2) is 50.0 Å². The van der Waals surface area contributed by atoms with Crippen molar-refractivity contribution < 1.29 is 24.2 Å². The SMILES string of the molecule is CC(C)Oc1ccc(C(O)=C2C(=O)C(=O)N(CCCn3ccnc3)C2c2ccc(OC(C)C)cc2)cc1. The molecule has 3 aromatic rings. The maximum atomic E-state index is 13.3. The summed E-state index contributed by atoms with van der Waals surface area (Å²) in [5.41, 5.74) is 1.24. The lowest BCUT2D eigenvalue weighted by atomic mass is 9.95. The molecule has 1 unspecified atom stereocenters. The average molecular weight is 504 g/mol. The average Bonchev–Trinajstić information content (AvgIpc) is 3.46. The van der Waals surface area contributed by atoms with Gasteiger partial charge in [0.05, 0.1) is 30.2 Å². The van der Waals surface area contributed by atoms with Crippen LogP contribution in [0.1, 0.15) is 51.3 Å². The third-order valence-corrected chi connectivity index (χ3v) is 5.98. The predicted molar refractivity (Wildman–Crippen MR) is 140 cm³/mol. The quantitative estimate of drug-likeness (QED) is 0.239. The van der Waals surface area contributed by atoms with Crippen molar-refractivity contribution in [1.29, 1.82) is 0 Å². The second-order valence-electron chi connectivity index (χ2n) is 9.57. The van der Waals surface area contributed by atoms with Crippen LogP contribution in [0.3, 0.4) is 0 Å². The third kappa shape index (κ3) is 6.02. The first-order valence-corrected chi connectivity index (χ1v) is 12.5. The molecule has 1 aliphatic rings. The Kier molecular flexibility index (Phi) is 7.96. The fourth-order valence-corrected chi connectivity index (χ4v) is 4.42. The lowest BCUT2D eigenvalue weighted by Gasteiger charge is -2.25. The normalized spacial score (nSPS) is 17.1. The number of carbonyl (C=O) groups is 2. The van der Waals surface area contributed by atoms with Crippen LogP contribution in [0, 0.1) is 0 Å². The summed E-state index contributed by atoms with van der Waals surface area (Å²) in [4.78, 5) is 32.0. The first kappa shape index (κ1) is 26.0. The van der Waals surface area contributed by atoms with Gasteiger partial charge in [0, 0.05) is 31.0 Å². The molecule has 37 heavy (non-hydrogen) atoms. The highest BCUT2D eigenvalue weighted by Crippen LogP contribution is 2.40. The number of likely N-dealkylation sites (tertiary alicyclic amines) is 1. The molecule has 0 radical (unpaired) electrons. The van der Waals surface area contributed by atoms with Crippen molar-refractivity contribution in [2.75, 3.05) is 6.54 Å². The van der Waals surface area contributed by atoms with Crippen LogP contribution < -0.4 is 9.47 Å². The standard InChI is InChI=1S/C29H33N3O5/c1-19(2)36-23-10-6-21(7-11-23)26-25(27(33)22-8-12-24(13-9-22)37-20(3)4)28(34)29(35)32(26)16-5-15-31-17-14-30-18-31/h6-14,17-20,26,33H,5,15-16H2,1-4H3. The van der Waals surface area contributed by atoms with Gasteiger partial charge in [-0.25, -0.2) is 4.98 Å². The van der Waals surface area contributed by atoms with Gasteiger partial charge in [0.2, 0.25) is 0 Å². The molecule has 4 rings (SSSR count). The number of imidazole rings is 1. The number of carbonyl (C=O) groups excluding carboxylic acids is 2. The van der Waals surface area contributed by atoms with Crippen LogP contribution in [0.25, 0.3) is 5.76 Å². The molecule has 1 fully saturated rings. The van der Waals surface area contributed by atoms with Crippen molar-refractivity contribution in [1.82, 2.24) is 14.5 Å². The Hall–Kier alpha value is -4.07. The minimum Gasteiger partial charge on any atom is -0.507 e. The Morgan fingerprint density at radius 3 is 2.05 bits per heavy atom. The molecule has 1 N–H and O–H groups in total. The Morgan fingerprint density at radius 1 is 0.919 bits per heavy atom. The fraction of sp³-hybridized carbons (Fsp3) is 0.345. The summed E-state index contributed by atoms with van der Waals surface area (Å²) in [6.45, 7) is 8.74. The summed E-state index contributed by atoms with van der Waals surface area (Å²) in [5.74, 6) is -0.186. The Morgan fingerprint density at radius 2 is 1.51 bits per heavy atom. The van der Waals surface area contributed by atoms with Gasteiger partial charge in [-0.3, -0.25) is 9.59 Å². The van der Waals surface area contributed by atoms with Crippen molar-refractivity contribution in [2.45, 2.75) is 58.9 Å². The summed E-state index contributed by atoms with van der Waals surface area (Å²) in [6, 6.07) is 13.5. The molecule has 1 aromatic heterocycles. The number of hydrogen-bond acceptors (Lipinski definition) is 6. The van der Waals surface area contributed by atoms with E-state index in [9.17, 15) is 14.7 Å². The zero-order chi connectivity index (χ0) is 26.5. The van der Waals surface area contributed by atoms with Crippen LogP contribution >= 0.6 is 0 Å². The number of benzene rings is 2. The number of ether oxygens (including phenoxy) is 2. The molecule has 8 nitrogen and oxygen atoms in total. The maximum absolute atomic E-state index is 13.3. The smallest absolute Gasteiger partial charge is 0.295 e. The van der Waals surface area contributed by atoms with Gasteiger partial charge in [0.25, 0.3) is 11.7 Å². The molecular formula is C29H33N3O5. The Labute approximate surface area is 217 Å². The number of aliphatic hydroxyl groups excluding tert-OH is 1. The summed E-state index contributed by atoms with van der Waals surface area (Å²) in [7, 11) is 0. The third-order valence-electron chi connectivity index (χ3n) is 5.98. The summed E-state index contributed by atoms with van der Waals surface area (Å²) in [6.07, 6.45) is 5.91. The zero-order valence-corrected chi connectivity index (χ0v) is 21.6. The minimum absolute atomic E-state index is 0.00902. The molecule has 2 heterocycles. The monoisotopic (exact) mass is 503 g/mol. The van der Waals surface area contributed by atoms with Crippen LogP contribution in [0.5, 0.6) is 11.5 Å². The van der Waals surface area contributed by atoms with Crippen molar-refractivity contribution >= 4 is 17.4 Å². The summed E-state index contributed by atoms with van der Waals surface area (Å²) in [5, 5.41) is 11.3. The minimum atomic E-state index is -0.720. The number of aliphatic hydroxyl groups is 1. The van der Waals surface area contributed by atoms with E-state index < -0.39 is 17.7 Å². The maximum Gasteiger partial charge on any atom is 0.295 e. The predicted octanol–water partition coefficient (Wildman–Crippen LogP) is 4.97. The van der Waals surface area contributed by atoms with Gasteiger partial charge in [-0.1, -0.05) is 12.1 Å². The topological polar surface area (TPSA) is 93.9 Å². The molecule has 194 valence electrons. The molecule has 8 heteroatoms. The van der Waals surface area contributed by atoms with Gasteiger partial charge in [-0.15, -0.1) is 0 Å². The lowest BCUT2D eigenvalue weighted by molar-refractivity contribution is -0.139. The van der Waals surface area contributed by atoms with E-state index in [-0.39, 0.29) is 23.5 Å². The van der Waals surface area contributed by atoms with Crippen LogP contribution in [-0.2, 0) is 16.1 Å². The van der Waals surface area contributed by atoms with Crippen LogP contribution in [0.2, 0.25) is 0 Å². The van der Waals surface area contributed by atoms with E-state index in [1.165, 1.54) is 0 Å². The first-order valence-electron chi connectivity index (χ1n) is 12.5. The van der Waals surface area contributed by atoms with E-state index in [1.807, 2.05) is 62.7 Å². The molecule has 1 amide bonds. The number of aromatic nitrogens is 2. The highest BCUT2D eigenvalue weighted by Gasteiger charge is 2.45. The fourth-order valence-electron chi connectivity index (χ4n) is 4.42. The molecule has 0 bridgehead atoms. The summed E-state index contributed by atoms with van der Waals surface area (Å²) >= 11 is 0. The van der Waals surface area contributed by atoms with Gasteiger partial charge < -0.3 is 24.0 Å². The highest BCUT2D eigenvalue weighted by molar-refractivity contribution is 6.46. The first-order chi connectivity index (χ1) is 17.7. The summed E-state index contributed by atoms with van der Waals surface area (Å²) < 4.78 is 13.4. The van der Waals surface area contributed by atoms with Crippen LogP contribution in [0.15, 0.2) is 72.8 Å². The van der Waals surface area contributed by atoms with E-state index in [0.717, 1.165) is 5.56 Å². The van der Waals surface area contributed by atoms with Crippen molar-refractivity contribution in [3.63, 3.8) is 0 Å². The Balaban J connectivity index is 1.69. The van der Waals surface area contributed by atoms with Crippen molar-refractivity contribution in [3.05, 3.63) is 84.0 Å². The number of ketones is 1. The number of hydrogen-bond donors (Lipinski definition) is 1. The number of Topliss-reactive ketones (excluding diaryl/α,β-unsaturated/α-hetero) is 1. The molecule has 1 saturated heterocycles. The second kappa shape index (κ2) is 11.3. The van der Waals surface area contributed by atoms with E-state index in [2.05, 4.69) is 4.98 Å². The zero-order valence-electron chi connectivity index (χ0n) is 21.6. The molecule has 1 atom stereocenters. The number of aryl methyl sites for hydroxylation is 1. The largest absolute Gasteiger partial charge is 0.507 e. The Bertz CT molecular complexity index is 1250. The van der Waals surface area contributed by atoms with Gasteiger partial charge in [0.15, 0.2) is 0 Å². The molecular weight excluding hydrogens is 470 g/mol. The second-order valence-corrected chi connectivity index (χ2v) is 9.57. The number of rotatable bonds is 10. The van der Waals surface area contributed by atoms with E-state index in [0.29, 0.717) is 36.6 Å². The number of amides is 1. The lowest BCUT2D eigenvalue weighted by Crippen LogP contribution is -2.31. The van der Waals surface area contributed by atoms with Gasteiger partial charge in [-0.2, -0.15) is 0 Å². The van der Waals surface area contributed by atoms with E-state index in [1.54, 1.807) is 41.7 Å². The highest BCUT2D eigenvalue weighted by atomic mass is 16.5. The molecule has 0 saturated carbocycles. The van der Waals surface area contributed by atoms with Crippen LogP contribution in [0.4, 0.5) is 0 Å². The van der Waals surface area contributed by atoms with Crippen molar-refractivity contribution in [2.24, 2.45) is 0 Å². The molecule has 1 aliphatic heterocycles. The molecule has 0 aliphatic carbocycles. The number of nitrogens with zero attached hydrogens (tertiary/aromatic N) is 3. The van der Waals surface area contributed by atoms with Gasteiger partial charge >= 0.3 is 0 Å². The van der Waals surface area contributed by atoms with Gasteiger partial charge in [-0.05, 0) is 76.1 Å².